The molecule has 2 saturated heterocycles. The van der Waals surface area contributed by atoms with Crippen LogP contribution >= 0.6 is 0 Å². The van der Waals surface area contributed by atoms with Gasteiger partial charge >= 0.3 is 0 Å². The molecule has 1 saturated carbocycles. The summed E-state index contributed by atoms with van der Waals surface area (Å²) in [6, 6.07) is 4.46. The van der Waals surface area contributed by atoms with Crippen LogP contribution in [0.4, 0.5) is 0 Å². The van der Waals surface area contributed by atoms with E-state index in [-0.39, 0.29) is 17.7 Å². The second-order valence-corrected chi connectivity index (χ2v) is 7.14. The van der Waals surface area contributed by atoms with E-state index >= 15 is 0 Å². The summed E-state index contributed by atoms with van der Waals surface area (Å²) in [6.45, 7) is 4.80. The fourth-order valence-corrected chi connectivity index (χ4v) is 3.77. The number of pyridine rings is 1. The van der Waals surface area contributed by atoms with Gasteiger partial charge in [0, 0.05) is 64.1 Å². The van der Waals surface area contributed by atoms with E-state index in [0.717, 1.165) is 45.6 Å². The lowest BCUT2D eigenvalue weighted by atomic mass is 10.1. The topological polar surface area (TPSA) is 56.8 Å². The predicted octanol–water partition coefficient (Wildman–Crippen LogP) is 0.737. The Balaban J connectivity index is 1.28. The number of piperazine rings is 1. The minimum atomic E-state index is -0.122. The van der Waals surface area contributed by atoms with Gasteiger partial charge in [0.05, 0.1) is 5.92 Å². The van der Waals surface area contributed by atoms with E-state index < -0.39 is 0 Å². The highest BCUT2D eigenvalue weighted by atomic mass is 16.2. The van der Waals surface area contributed by atoms with Crippen LogP contribution in [0.25, 0.3) is 0 Å². The van der Waals surface area contributed by atoms with E-state index in [1.54, 1.807) is 6.20 Å². The quantitative estimate of drug-likeness (QED) is 0.818. The van der Waals surface area contributed by atoms with Gasteiger partial charge in [-0.15, -0.1) is 0 Å². The average Bonchev–Trinajstić information content (AvgIpc) is 3.38. The van der Waals surface area contributed by atoms with Crippen molar-refractivity contribution in [3.63, 3.8) is 0 Å². The number of amides is 2. The Kier molecular flexibility index (Phi) is 4.22. The van der Waals surface area contributed by atoms with E-state index in [0.29, 0.717) is 19.0 Å². The van der Waals surface area contributed by atoms with Crippen molar-refractivity contribution in [2.24, 2.45) is 5.92 Å². The maximum Gasteiger partial charge on any atom is 0.228 e. The molecule has 2 amide bonds. The van der Waals surface area contributed by atoms with Gasteiger partial charge in [-0.3, -0.25) is 19.5 Å². The first-order valence-corrected chi connectivity index (χ1v) is 8.90. The third-order valence-corrected chi connectivity index (χ3v) is 5.31. The molecule has 0 unspecified atom stereocenters. The molecule has 128 valence electrons. The Morgan fingerprint density at radius 1 is 1.21 bits per heavy atom. The first kappa shape index (κ1) is 15.6. The van der Waals surface area contributed by atoms with Gasteiger partial charge in [-0.2, -0.15) is 0 Å². The lowest BCUT2D eigenvalue weighted by Gasteiger charge is -2.35. The normalized spacial score (nSPS) is 25.3. The fourth-order valence-electron chi connectivity index (χ4n) is 3.77. The molecule has 3 heterocycles. The number of carbonyl (C=O) groups is 2. The number of hydrogen-bond acceptors (Lipinski definition) is 4. The van der Waals surface area contributed by atoms with Crippen molar-refractivity contribution in [2.45, 2.75) is 31.8 Å². The third kappa shape index (κ3) is 3.29. The highest BCUT2D eigenvalue weighted by Crippen LogP contribution is 2.33. The molecule has 1 aliphatic carbocycles. The first-order valence-electron chi connectivity index (χ1n) is 8.90. The molecule has 1 atom stereocenters. The van der Waals surface area contributed by atoms with Crippen molar-refractivity contribution >= 4 is 11.8 Å². The van der Waals surface area contributed by atoms with Crippen LogP contribution < -0.4 is 0 Å². The molecule has 0 bridgehead atoms. The fraction of sp³-hybridized carbons (Fsp3) is 0.611. The highest BCUT2D eigenvalue weighted by Gasteiger charge is 2.43. The average molecular weight is 328 g/mol. The summed E-state index contributed by atoms with van der Waals surface area (Å²) in [7, 11) is 0. The largest absolute Gasteiger partial charge is 0.340 e. The Hall–Kier alpha value is -1.95. The van der Waals surface area contributed by atoms with Gasteiger partial charge in [0.25, 0.3) is 0 Å². The molecule has 24 heavy (non-hydrogen) atoms. The molecule has 4 rings (SSSR count). The minimum absolute atomic E-state index is 0.122. The van der Waals surface area contributed by atoms with E-state index in [1.807, 2.05) is 22.1 Å². The zero-order valence-electron chi connectivity index (χ0n) is 13.9. The molecule has 0 radical (unpaired) electrons. The van der Waals surface area contributed by atoms with E-state index in [1.165, 1.54) is 5.56 Å². The summed E-state index contributed by atoms with van der Waals surface area (Å²) in [4.78, 5) is 35.2. The number of nitrogens with zero attached hydrogens (tertiary/aromatic N) is 4. The van der Waals surface area contributed by atoms with Gasteiger partial charge < -0.3 is 9.80 Å². The monoisotopic (exact) mass is 328 g/mol. The molecule has 0 aromatic carbocycles. The second kappa shape index (κ2) is 6.51. The van der Waals surface area contributed by atoms with Gasteiger partial charge in [0.15, 0.2) is 0 Å². The van der Waals surface area contributed by atoms with Crippen LogP contribution in [0.2, 0.25) is 0 Å². The van der Waals surface area contributed by atoms with Crippen LogP contribution in [0.15, 0.2) is 24.5 Å². The zero-order valence-corrected chi connectivity index (χ0v) is 13.9. The summed E-state index contributed by atoms with van der Waals surface area (Å²) >= 11 is 0. The number of likely N-dealkylation sites (tertiary alicyclic amines) is 1. The number of carbonyl (C=O) groups excluding carboxylic acids is 2. The van der Waals surface area contributed by atoms with Gasteiger partial charge in [-0.25, -0.2) is 0 Å². The van der Waals surface area contributed by atoms with E-state index in [2.05, 4.69) is 16.0 Å². The molecular formula is C18H24N4O2. The SMILES string of the molecule is O=C([C@H]1CC(=O)N(C2CC2)C1)N1CCN(Cc2cccnc2)CC1. The molecule has 1 aromatic heterocycles. The lowest BCUT2D eigenvalue weighted by molar-refractivity contribution is -0.137. The zero-order chi connectivity index (χ0) is 16.5. The third-order valence-electron chi connectivity index (χ3n) is 5.31. The van der Waals surface area contributed by atoms with Crippen molar-refractivity contribution in [1.29, 1.82) is 0 Å². The molecule has 3 fully saturated rings. The molecule has 6 heteroatoms. The number of aromatic nitrogens is 1. The lowest BCUT2D eigenvalue weighted by Crippen LogP contribution is -2.50. The molecule has 0 N–H and O–H groups in total. The summed E-state index contributed by atoms with van der Waals surface area (Å²) < 4.78 is 0. The summed E-state index contributed by atoms with van der Waals surface area (Å²) in [5, 5.41) is 0. The van der Waals surface area contributed by atoms with Gasteiger partial charge in [0.2, 0.25) is 11.8 Å². The van der Waals surface area contributed by atoms with Crippen molar-refractivity contribution in [2.75, 3.05) is 32.7 Å². The van der Waals surface area contributed by atoms with Gasteiger partial charge in [-0.1, -0.05) is 6.07 Å². The summed E-state index contributed by atoms with van der Waals surface area (Å²) in [5.41, 5.74) is 1.21. The Bertz CT molecular complexity index is 609. The van der Waals surface area contributed by atoms with Crippen LogP contribution in [0.5, 0.6) is 0 Å². The van der Waals surface area contributed by atoms with Crippen LogP contribution in [0.1, 0.15) is 24.8 Å². The van der Waals surface area contributed by atoms with E-state index in [9.17, 15) is 9.59 Å². The maximum absolute atomic E-state index is 12.7. The van der Waals surface area contributed by atoms with Crippen LogP contribution in [-0.4, -0.2) is 70.3 Å². The standard InChI is InChI=1S/C18H24N4O2/c23-17-10-15(13-22(17)16-3-4-16)18(24)21-8-6-20(7-9-21)12-14-2-1-5-19-11-14/h1-2,5,11,15-16H,3-4,6-10,12-13H2/t15-/m0/s1. The van der Waals surface area contributed by atoms with Crippen molar-refractivity contribution in [3.05, 3.63) is 30.1 Å². The smallest absolute Gasteiger partial charge is 0.228 e. The van der Waals surface area contributed by atoms with Crippen LogP contribution in [-0.2, 0) is 16.1 Å². The molecule has 6 nitrogen and oxygen atoms in total. The Labute approximate surface area is 142 Å². The summed E-state index contributed by atoms with van der Waals surface area (Å²) in [5.74, 6) is 0.224. The second-order valence-electron chi connectivity index (χ2n) is 7.14. The molecule has 3 aliphatic rings. The Morgan fingerprint density at radius 2 is 2.00 bits per heavy atom. The van der Waals surface area contributed by atoms with Crippen molar-refractivity contribution in [3.8, 4) is 0 Å². The van der Waals surface area contributed by atoms with Gasteiger partial charge in [0.1, 0.15) is 0 Å². The molecular weight excluding hydrogens is 304 g/mol. The highest BCUT2D eigenvalue weighted by molar-refractivity contribution is 5.89. The molecule has 2 aliphatic heterocycles. The molecule has 0 spiro atoms. The number of hydrogen-bond donors (Lipinski definition) is 0. The van der Waals surface area contributed by atoms with E-state index in [4.69, 9.17) is 0 Å². The van der Waals surface area contributed by atoms with Crippen LogP contribution in [0, 0.1) is 5.92 Å². The first-order chi connectivity index (χ1) is 11.7. The number of rotatable bonds is 4. The summed E-state index contributed by atoms with van der Waals surface area (Å²) in [6.07, 6.45) is 6.31. The predicted molar refractivity (Wildman–Crippen MR) is 88.9 cm³/mol. The van der Waals surface area contributed by atoms with Gasteiger partial charge in [-0.05, 0) is 24.5 Å². The molecule has 1 aromatic rings. The minimum Gasteiger partial charge on any atom is -0.340 e. The van der Waals surface area contributed by atoms with Crippen molar-refractivity contribution < 1.29 is 9.59 Å². The maximum atomic E-state index is 12.7. The van der Waals surface area contributed by atoms with Crippen LogP contribution in [0.3, 0.4) is 0 Å². The Morgan fingerprint density at radius 3 is 2.67 bits per heavy atom. The van der Waals surface area contributed by atoms with Crippen molar-refractivity contribution in [1.82, 2.24) is 19.7 Å².